The summed E-state index contributed by atoms with van der Waals surface area (Å²) in [5, 5.41) is 8.27. The van der Waals surface area contributed by atoms with E-state index in [1.165, 1.54) is 24.3 Å². The van der Waals surface area contributed by atoms with Gasteiger partial charge in [0.2, 0.25) is 5.95 Å². The van der Waals surface area contributed by atoms with Gasteiger partial charge < -0.3 is 15.5 Å². The third kappa shape index (κ3) is 6.48. The molecule has 0 spiro atoms. The first-order valence-corrected chi connectivity index (χ1v) is 9.83. The van der Waals surface area contributed by atoms with Crippen molar-refractivity contribution in [3.63, 3.8) is 0 Å². The number of nitrogens with zero attached hydrogens (tertiary/aromatic N) is 3. The molecule has 0 fully saturated rings. The first kappa shape index (κ1) is 24.1. The maximum absolute atomic E-state index is 14.3. The summed E-state index contributed by atoms with van der Waals surface area (Å²) in [6.45, 7) is 0.782. The van der Waals surface area contributed by atoms with E-state index in [0.29, 0.717) is 29.4 Å². The van der Waals surface area contributed by atoms with Crippen molar-refractivity contribution in [1.82, 2.24) is 14.9 Å². The number of anilines is 3. The molecule has 0 aliphatic rings. The van der Waals surface area contributed by atoms with E-state index in [1.54, 1.807) is 12.1 Å². The lowest BCUT2D eigenvalue weighted by atomic mass is 10.1. The molecule has 12 heteroatoms. The first-order valence-electron chi connectivity index (χ1n) is 9.83. The molecular weight excluding hydrogens is 447 g/mol. The highest BCUT2D eigenvalue weighted by molar-refractivity contribution is 6.00. The number of alkyl halides is 3. The molecule has 0 atom stereocenters. The topological polar surface area (TPSA) is 82.2 Å². The minimum Gasteiger partial charge on any atom is -0.367 e. The van der Waals surface area contributed by atoms with E-state index in [9.17, 15) is 26.7 Å². The van der Waals surface area contributed by atoms with E-state index in [0.717, 1.165) is 0 Å². The SMILES string of the molecule is CN(C)CCCNc1nc(NC(=O)Nc2ccc3cc(F)ccc3c2)nc(C(F)(F)F)c1F. The van der Waals surface area contributed by atoms with Crippen molar-refractivity contribution >= 4 is 34.3 Å². The maximum atomic E-state index is 14.3. The third-order valence-corrected chi connectivity index (χ3v) is 4.48. The van der Waals surface area contributed by atoms with Crippen LogP contribution in [0.4, 0.5) is 44.2 Å². The van der Waals surface area contributed by atoms with Crippen molar-refractivity contribution in [2.45, 2.75) is 12.6 Å². The van der Waals surface area contributed by atoms with Crippen LogP contribution in [0.25, 0.3) is 10.8 Å². The normalized spacial score (nSPS) is 11.6. The largest absolute Gasteiger partial charge is 0.436 e. The van der Waals surface area contributed by atoms with Gasteiger partial charge >= 0.3 is 12.2 Å². The molecule has 0 aliphatic carbocycles. The van der Waals surface area contributed by atoms with Gasteiger partial charge in [-0.2, -0.15) is 18.2 Å². The van der Waals surface area contributed by atoms with Crippen LogP contribution in [0.3, 0.4) is 0 Å². The van der Waals surface area contributed by atoms with Crippen molar-refractivity contribution in [3.05, 3.63) is 53.7 Å². The van der Waals surface area contributed by atoms with Gasteiger partial charge in [0.15, 0.2) is 17.3 Å². The maximum Gasteiger partial charge on any atom is 0.436 e. The van der Waals surface area contributed by atoms with Gasteiger partial charge in [-0.1, -0.05) is 12.1 Å². The number of aromatic nitrogens is 2. The Balaban J connectivity index is 1.77. The zero-order chi connectivity index (χ0) is 24.2. The molecule has 3 N–H and O–H groups in total. The Kier molecular flexibility index (Phi) is 7.26. The molecule has 33 heavy (non-hydrogen) atoms. The summed E-state index contributed by atoms with van der Waals surface area (Å²) >= 11 is 0. The fourth-order valence-corrected chi connectivity index (χ4v) is 2.97. The van der Waals surface area contributed by atoms with Crippen LogP contribution >= 0.6 is 0 Å². The lowest BCUT2D eigenvalue weighted by molar-refractivity contribution is -0.143. The van der Waals surface area contributed by atoms with E-state index < -0.39 is 41.3 Å². The number of nitrogens with one attached hydrogen (secondary N) is 3. The first-order chi connectivity index (χ1) is 15.5. The predicted octanol–water partition coefficient (Wildman–Crippen LogP) is 4.93. The molecule has 176 valence electrons. The average Bonchev–Trinajstić information content (AvgIpc) is 2.72. The molecule has 1 heterocycles. The second-order valence-corrected chi connectivity index (χ2v) is 7.43. The molecule has 3 rings (SSSR count). The number of carbonyl (C=O) groups excluding carboxylic acids is 1. The molecule has 0 unspecified atom stereocenters. The Morgan fingerprint density at radius 1 is 1.00 bits per heavy atom. The van der Waals surface area contributed by atoms with Gasteiger partial charge in [0.25, 0.3) is 0 Å². The molecule has 1 aromatic heterocycles. The third-order valence-electron chi connectivity index (χ3n) is 4.48. The molecule has 2 amide bonds. The van der Waals surface area contributed by atoms with Crippen LogP contribution in [0.2, 0.25) is 0 Å². The Bertz CT molecular complexity index is 1150. The van der Waals surface area contributed by atoms with Crippen LogP contribution in [-0.4, -0.2) is 48.1 Å². The molecule has 7 nitrogen and oxygen atoms in total. The zero-order valence-corrected chi connectivity index (χ0v) is 17.7. The number of fused-ring (bicyclic) bond motifs is 1. The van der Waals surface area contributed by atoms with E-state index in [2.05, 4.69) is 25.9 Å². The van der Waals surface area contributed by atoms with Crippen LogP contribution in [0.5, 0.6) is 0 Å². The number of halogens is 5. The summed E-state index contributed by atoms with van der Waals surface area (Å²) in [5.74, 6) is -3.46. The molecular formula is C21H21F5N6O. The summed E-state index contributed by atoms with van der Waals surface area (Å²) in [6.07, 6.45) is -4.57. The minimum atomic E-state index is -5.09. The number of benzene rings is 2. The van der Waals surface area contributed by atoms with E-state index in [1.807, 2.05) is 19.0 Å². The second kappa shape index (κ2) is 9.94. The van der Waals surface area contributed by atoms with Crippen molar-refractivity contribution in [3.8, 4) is 0 Å². The molecule has 0 radical (unpaired) electrons. The van der Waals surface area contributed by atoms with Crippen LogP contribution in [0, 0.1) is 11.6 Å². The second-order valence-electron chi connectivity index (χ2n) is 7.43. The van der Waals surface area contributed by atoms with E-state index in [-0.39, 0.29) is 6.54 Å². The summed E-state index contributed by atoms with van der Waals surface area (Å²) < 4.78 is 67.3. The highest BCUT2D eigenvalue weighted by Gasteiger charge is 2.38. The molecule has 0 saturated carbocycles. The van der Waals surface area contributed by atoms with Crippen LogP contribution < -0.4 is 16.0 Å². The highest BCUT2D eigenvalue weighted by atomic mass is 19.4. The summed E-state index contributed by atoms with van der Waals surface area (Å²) in [7, 11) is 3.64. The summed E-state index contributed by atoms with van der Waals surface area (Å²) in [5.41, 5.74) is -1.50. The lowest BCUT2D eigenvalue weighted by Gasteiger charge is -2.15. The van der Waals surface area contributed by atoms with Gasteiger partial charge in [-0.05, 0) is 62.1 Å². The summed E-state index contributed by atoms with van der Waals surface area (Å²) in [6, 6.07) is 7.77. The monoisotopic (exact) mass is 468 g/mol. The van der Waals surface area contributed by atoms with Gasteiger partial charge in [0.1, 0.15) is 5.82 Å². The van der Waals surface area contributed by atoms with E-state index >= 15 is 0 Å². The number of urea groups is 1. The van der Waals surface area contributed by atoms with Gasteiger partial charge in [-0.3, -0.25) is 5.32 Å². The molecule has 3 aromatic rings. The fourth-order valence-electron chi connectivity index (χ4n) is 2.97. The van der Waals surface area contributed by atoms with Gasteiger partial charge in [0, 0.05) is 12.2 Å². The number of carbonyl (C=O) groups is 1. The van der Waals surface area contributed by atoms with Crippen LogP contribution in [0.1, 0.15) is 12.1 Å². The quantitative estimate of drug-likeness (QED) is 0.338. The molecule has 0 bridgehead atoms. The predicted molar refractivity (Wildman–Crippen MR) is 115 cm³/mol. The van der Waals surface area contributed by atoms with Crippen molar-refractivity contribution in [1.29, 1.82) is 0 Å². The summed E-state index contributed by atoms with van der Waals surface area (Å²) in [4.78, 5) is 21.0. The van der Waals surface area contributed by atoms with Crippen LogP contribution in [0.15, 0.2) is 36.4 Å². The van der Waals surface area contributed by atoms with Crippen LogP contribution in [-0.2, 0) is 6.18 Å². The van der Waals surface area contributed by atoms with Crippen molar-refractivity contribution < 1.29 is 26.7 Å². The average molecular weight is 468 g/mol. The molecule has 2 aromatic carbocycles. The van der Waals surface area contributed by atoms with Crippen molar-refractivity contribution in [2.24, 2.45) is 0 Å². The van der Waals surface area contributed by atoms with Gasteiger partial charge in [-0.15, -0.1) is 0 Å². The minimum absolute atomic E-state index is 0.159. The van der Waals surface area contributed by atoms with Crippen molar-refractivity contribution in [2.75, 3.05) is 43.1 Å². The number of hydrogen-bond donors (Lipinski definition) is 3. The Morgan fingerprint density at radius 3 is 2.39 bits per heavy atom. The lowest BCUT2D eigenvalue weighted by Crippen LogP contribution is -2.24. The Labute approximate surface area is 186 Å². The zero-order valence-electron chi connectivity index (χ0n) is 17.7. The number of hydrogen-bond acceptors (Lipinski definition) is 5. The Morgan fingerprint density at radius 2 is 1.70 bits per heavy atom. The molecule has 0 saturated heterocycles. The number of rotatable bonds is 7. The smallest absolute Gasteiger partial charge is 0.367 e. The van der Waals surface area contributed by atoms with Gasteiger partial charge in [0.05, 0.1) is 0 Å². The van der Waals surface area contributed by atoms with Gasteiger partial charge in [-0.25, -0.2) is 18.6 Å². The Hall–Kier alpha value is -3.54. The standard InChI is InChI=1S/C21H21F5N6O/c1-32(2)9-3-8-27-18-16(23)17(21(24,25)26)29-19(30-18)31-20(33)28-15-7-5-12-10-14(22)6-4-13(12)11-15/h4-7,10-11H,3,8-9H2,1-2H3,(H3,27,28,29,30,31,33). The fraction of sp³-hybridized carbons (Fsp3) is 0.286. The van der Waals surface area contributed by atoms with E-state index in [4.69, 9.17) is 0 Å². The molecule has 0 aliphatic heterocycles. The number of amides is 2. The highest BCUT2D eigenvalue weighted by Crippen LogP contribution is 2.33.